The molecule has 0 aliphatic heterocycles. The van der Waals surface area contributed by atoms with E-state index in [2.05, 4.69) is 5.32 Å². The fourth-order valence-corrected chi connectivity index (χ4v) is 1.00. The van der Waals surface area contributed by atoms with Crippen LogP contribution < -0.4 is 16.8 Å². The second-order valence-corrected chi connectivity index (χ2v) is 4.31. The van der Waals surface area contributed by atoms with Gasteiger partial charge in [0.15, 0.2) is 0 Å². The Morgan fingerprint density at radius 2 is 1.59 bits per heavy atom. The number of amides is 2. The lowest BCUT2D eigenvalue weighted by Gasteiger charge is -2.13. The van der Waals surface area contributed by atoms with Crippen LogP contribution in [0.5, 0.6) is 0 Å². The van der Waals surface area contributed by atoms with Crippen molar-refractivity contribution in [3.63, 3.8) is 0 Å². The minimum absolute atomic E-state index is 0.220. The highest BCUT2D eigenvalue weighted by molar-refractivity contribution is 5.88. The number of aliphatic hydroxyl groups excluding tert-OH is 2. The normalized spacial score (nSPS) is 13.8. The highest BCUT2D eigenvalue weighted by atomic mass is 16.4. The molecule has 0 heterocycles. The first-order chi connectivity index (χ1) is 10.0. The van der Waals surface area contributed by atoms with Crippen molar-refractivity contribution in [2.24, 2.45) is 11.5 Å². The molecule has 0 saturated heterocycles. The van der Waals surface area contributed by atoms with Gasteiger partial charge in [-0.15, -0.1) is 0 Å². The van der Waals surface area contributed by atoms with Crippen LogP contribution in [-0.2, 0) is 19.2 Å². The summed E-state index contributed by atoms with van der Waals surface area (Å²) in [7, 11) is 0. The van der Waals surface area contributed by atoms with E-state index in [4.69, 9.17) is 31.9 Å². The monoisotopic (exact) mass is 323 g/mol. The van der Waals surface area contributed by atoms with Gasteiger partial charge in [0, 0.05) is 0 Å². The van der Waals surface area contributed by atoms with E-state index in [1.165, 1.54) is 6.92 Å². The second kappa shape index (κ2) is 11.4. The number of carbonyl (C=O) groups is 4. The van der Waals surface area contributed by atoms with E-state index in [-0.39, 0.29) is 6.42 Å². The number of aliphatic hydroxyl groups is 2. The Balaban J connectivity index is 0. The first-order valence-corrected chi connectivity index (χ1v) is 6.09. The summed E-state index contributed by atoms with van der Waals surface area (Å²) >= 11 is 0. The topological polar surface area (TPSA) is 213 Å². The van der Waals surface area contributed by atoms with Crippen molar-refractivity contribution in [3.8, 4) is 0 Å². The van der Waals surface area contributed by atoms with Gasteiger partial charge in [-0.25, -0.2) is 4.79 Å². The maximum absolute atomic E-state index is 11.1. The predicted molar refractivity (Wildman–Crippen MR) is 72.4 cm³/mol. The lowest BCUT2D eigenvalue weighted by Crippen LogP contribution is -2.44. The molecule has 0 aromatic rings. The zero-order chi connectivity index (χ0) is 17.9. The Kier molecular flexibility index (Phi) is 11.4. The van der Waals surface area contributed by atoms with Crippen molar-refractivity contribution in [1.82, 2.24) is 5.32 Å². The fourth-order valence-electron chi connectivity index (χ4n) is 1.00. The van der Waals surface area contributed by atoms with E-state index in [9.17, 15) is 19.2 Å². The van der Waals surface area contributed by atoms with Gasteiger partial charge in [-0.1, -0.05) is 0 Å². The maximum Gasteiger partial charge on any atom is 0.326 e. The standard InChI is InChI=1S/C8H14N2O5.C3H7NO3/c1-4(11)2-7(13)10-5(8(14)15)3-6(9)12;4-2(1-5)3(6)7/h4-5,11H,2-3H2,1H3,(H2,9,12)(H,10,13)(H,14,15);2,5H,1,4H2,(H,6,7). The molecule has 11 heteroatoms. The molecule has 0 fully saturated rings. The number of hydrogen-bond acceptors (Lipinski definition) is 7. The largest absolute Gasteiger partial charge is 0.480 e. The summed E-state index contributed by atoms with van der Waals surface area (Å²) in [6.45, 7) is 0.888. The Bertz CT molecular complexity index is 399. The van der Waals surface area contributed by atoms with Gasteiger partial charge in [0.1, 0.15) is 12.1 Å². The molecule has 0 bridgehead atoms. The van der Waals surface area contributed by atoms with Crippen LogP contribution in [0, 0.1) is 0 Å². The van der Waals surface area contributed by atoms with Gasteiger partial charge in [0.05, 0.1) is 25.6 Å². The third kappa shape index (κ3) is 12.8. The summed E-state index contributed by atoms with van der Waals surface area (Å²) < 4.78 is 0. The summed E-state index contributed by atoms with van der Waals surface area (Å²) in [5.41, 5.74) is 9.57. The van der Waals surface area contributed by atoms with Crippen molar-refractivity contribution in [2.45, 2.75) is 38.0 Å². The van der Waals surface area contributed by atoms with Crippen LogP contribution in [0.2, 0.25) is 0 Å². The molecule has 128 valence electrons. The molecule has 3 atom stereocenters. The third-order valence-electron chi connectivity index (χ3n) is 2.03. The van der Waals surface area contributed by atoms with Crippen LogP contribution in [0.25, 0.3) is 0 Å². The van der Waals surface area contributed by atoms with Crippen molar-refractivity contribution < 1.29 is 39.6 Å². The number of nitrogens with one attached hydrogen (secondary N) is 1. The van der Waals surface area contributed by atoms with E-state index >= 15 is 0 Å². The molecule has 3 unspecified atom stereocenters. The smallest absolute Gasteiger partial charge is 0.326 e. The summed E-state index contributed by atoms with van der Waals surface area (Å²) in [5.74, 6) is -3.98. The van der Waals surface area contributed by atoms with Gasteiger partial charge < -0.3 is 37.2 Å². The molecule has 0 radical (unpaired) electrons. The number of carboxylic acid groups (broad SMARTS) is 2. The van der Waals surface area contributed by atoms with Crippen molar-refractivity contribution in [3.05, 3.63) is 0 Å². The van der Waals surface area contributed by atoms with E-state index in [0.717, 1.165) is 0 Å². The average Bonchev–Trinajstić information content (AvgIpc) is 2.35. The van der Waals surface area contributed by atoms with Crippen LogP contribution in [0.15, 0.2) is 0 Å². The number of rotatable bonds is 8. The minimum Gasteiger partial charge on any atom is -0.480 e. The Morgan fingerprint density at radius 3 is 1.82 bits per heavy atom. The number of carbonyl (C=O) groups excluding carboxylic acids is 2. The number of carboxylic acids is 2. The van der Waals surface area contributed by atoms with Gasteiger partial charge >= 0.3 is 11.9 Å². The van der Waals surface area contributed by atoms with E-state index in [0.29, 0.717) is 0 Å². The molecule has 0 aromatic carbocycles. The van der Waals surface area contributed by atoms with Gasteiger partial charge in [-0.2, -0.15) is 0 Å². The molecule has 0 aromatic heterocycles. The lowest BCUT2D eigenvalue weighted by atomic mass is 10.2. The zero-order valence-corrected chi connectivity index (χ0v) is 11.9. The first kappa shape index (κ1) is 22.0. The summed E-state index contributed by atoms with van der Waals surface area (Å²) in [6, 6.07) is -2.46. The highest BCUT2D eigenvalue weighted by Crippen LogP contribution is 1.95. The average molecular weight is 323 g/mol. The summed E-state index contributed by atoms with van der Waals surface area (Å²) in [6.07, 6.45) is -1.56. The van der Waals surface area contributed by atoms with Gasteiger partial charge in [-0.05, 0) is 6.92 Å². The van der Waals surface area contributed by atoms with Gasteiger partial charge in [0.25, 0.3) is 0 Å². The van der Waals surface area contributed by atoms with E-state index in [1.807, 2.05) is 0 Å². The van der Waals surface area contributed by atoms with Crippen molar-refractivity contribution >= 4 is 23.8 Å². The molecule has 2 amide bonds. The number of primary amides is 1. The predicted octanol–water partition coefficient (Wildman–Crippen LogP) is -3.41. The first-order valence-electron chi connectivity index (χ1n) is 6.09. The molecule has 0 saturated carbocycles. The molecule has 11 nitrogen and oxygen atoms in total. The Morgan fingerprint density at radius 1 is 1.09 bits per heavy atom. The molecular formula is C11H21N3O8. The molecule has 22 heavy (non-hydrogen) atoms. The quantitative estimate of drug-likeness (QED) is 0.236. The number of aliphatic carboxylic acids is 2. The molecule has 0 aliphatic rings. The SMILES string of the molecule is CC(O)CC(=O)NC(CC(N)=O)C(=O)O.NC(CO)C(=O)O. The molecule has 0 aliphatic carbocycles. The number of hydrogen-bond donors (Lipinski definition) is 7. The van der Waals surface area contributed by atoms with Crippen LogP contribution >= 0.6 is 0 Å². The number of nitrogens with two attached hydrogens (primary N) is 2. The lowest BCUT2D eigenvalue weighted by molar-refractivity contribution is -0.143. The molecule has 0 spiro atoms. The molecule has 9 N–H and O–H groups in total. The van der Waals surface area contributed by atoms with Crippen molar-refractivity contribution in [2.75, 3.05) is 6.61 Å². The Hall–Kier alpha value is -2.24. The van der Waals surface area contributed by atoms with Gasteiger partial charge in [-0.3, -0.25) is 14.4 Å². The Labute approximate surface area is 125 Å². The maximum atomic E-state index is 11.1. The molecule has 0 rings (SSSR count). The van der Waals surface area contributed by atoms with E-state index in [1.54, 1.807) is 0 Å². The zero-order valence-electron chi connectivity index (χ0n) is 11.9. The molecular weight excluding hydrogens is 302 g/mol. The highest BCUT2D eigenvalue weighted by Gasteiger charge is 2.22. The van der Waals surface area contributed by atoms with Crippen LogP contribution in [0.1, 0.15) is 19.8 Å². The van der Waals surface area contributed by atoms with Crippen LogP contribution in [0.3, 0.4) is 0 Å². The van der Waals surface area contributed by atoms with Gasteiger partial charge in [0.2, 0.25) is 11.8 Å². The summed E-state index contributed by atoms with van der Waals surface area (Å²) in [5, 5.41) is 35.5. The summed E-state index contributed by atoms with van der Waals surface area (Å²) in [4.78, 5) is 41.8. The van der Waals surface area contributed by atoms with Crippen LogP contribution in [-0.4, -0.2) is 69.0 Å². The third-order valence-corrected chi connectivity index (χ3v) is 2.03. The van der Waals surface area contributed by atoms with E-state index < -0.39 is 55.0 Å². The van der Waals surface area contributed by atoms with Crippen molar-refractivity contribution in [1.29, 1.82) is 0 Å². The van der Waals surface area contributed by atoms with Crippen LogP contribution in [0.4, 0.5) is 0 Å². The minimum atomic E-state index is -1.34. The second-order valence-electron chi connectivity index (χ2n) is 4.31. The fraction of sp³-hybridized carbons (Fsp3) is 0.636.